The number of pyridine rings is 1. The fourth-order valence-electron chi connectivity index (χ4n) is 3.91. The number of nitrogens with zero attached hydrogens (tertiary/aromatic N) is 4. The van der Waals surface area contributed by atoms with Crippen molar-refractivity contribution in [3.63, 3.8) is 0 Å². The molecule has 2 aromatic heterocycles. The van der Waals surface area contributed by atoms with E-state index in [1.165, 1.54) is 27.4 Å². The number of fused-ring (bicyclic) bond motifs is 1. The van der Waals surface area contributed by atoms with E-state index in [0.29, 0.717) is 26.2 Å². The summed E-state index contributed by atoms with van der Waals surface area (Å²) in [5, 5.41) is 1.17. The highest BCUT2D eigenvalue weighted by atomic mass is 32.2. The van der Waals surface area contributed by atoms with Crippen molar-refractivity contribution >= 4 is 21.1 Å². The van der Waals surface area contributed by atoms with Gasteiger partial charge in [-0.15, -0.1) is 0 Å². The minimum absolute atomic E-state index is 0.222. The van der Waals surface area contributed by atoms with Crippen molar-refractivity contribution in [2.45, 2.75) is 12.2 Å². The highest BCUT2D eigenvalue weighted by molar-refractivity contribution is 7.88. The summed E-state index contributed by atoms with van der Waals surface area (Å²) in [7, 11) is -1.52. The number of aryl methyl sites for hydroxylation is 1. The molecule has 1 aromatic carbocycles. The van der Waals surface area contributed by atoms with Gasteiger partial charge in [0, 0.05) is 63.1 Å². The summed E-state index contributed by atoms with van der Waals surface area (Å²) in [6.45, 7) is 3.11. The predicted molar refractivity (Wildman–Crippen MR) is 111 cm³/mol. The number of hydrogen-bond acceptors (Lipinski definition) is 4. The molecule has 3 heterocycles. The first-order valence-electron chi connectivity index (χ1n) is 9.76. The Labute approximate surface area is 170 Å². The number of sulfonamides is 1. The smallest absolute Gasteiger partial charge is 0.218 e. The van der Waals surface area contributed by atoms with E-state index in [1.807, 2.05) is 17.7 Å². The first-order chi connectivity index (χ1) is 13.9. The van der Waals surface area contributed by atoms with Crippen LogP contribution < -0.4 is 0 Å². The zero-order valence-corrected chi connectivity index (χ0v) is 17.3. The molecule has 0 unspecified atom stereocenters. The zero-order chi connectivity index (χ0) is 20.4. The number of aromatic nitrogens is 2. The topological polar surface area (TPSA) is 58.4 Å². The molecule has 0 bridgehead atoms. The summed E-state index contributed by atoms with van der Waals surface area (Å²) in [5.41, 5.74) is 2.45. The molecular weight excluding hydrogens is 391 g/mol. The molecule has 0 N–H and O–H groups in total. The van der Waals surface area contributed by atoms with E-state index >= 15 is 0 Å². The summed E-state index contributed by atoms with van der Waals surface area (Å²) < 4.78 is 42.7. The van der Waals surface area contributed by atoms with Crippen molar-refractivity contribution in [1.29, 1.82) is 0 Å². The Balaban J connectivity index is 1.34. The third-order valence-corrected chi connectivity index (χ3v) is 7.36. The Morgan fingerprint density at radius 1 is 1.03 bits per heavy atom. The lowest BCUT2D eigenvalue weighted by atomic mass is 10.1. The summed E-state index contributed by atoms with van der Waals surface area (Å²) >= 11 is 0. The fraction of sp³-hybridized carbons (Fsp3) is 0.381. The van der Waals surface area contributed by atoms with E-state index < -0.39 is 15.8 Å². The van der Waals surface area contributed by atoms with Gasteiger partial charge in [-0.1, -0.05) is 18.2 Å². The van der Waals surface area contributed by atoms with Crippen molar-refractivity contribution in [3.8, 4) is 0 Å². The molecule has 0 atom stereocenters. The standard InChI is InChI=1S/C21H25FN4O2S/c1-24-15-17(19-6-4-9-23-21(19)24)8-10-25-11-13-26(14-12-25)29(27,28)16-18-5-2-3-7-20(18)22/h2-7,9,15H,8,10-14,16H2,1H3. The van der Waals surface area contributed by atoms with Crippen LogP contribution in [0, 0.1) is 5.82 Å². The minimum atomic E-state index is -3.52. The monoisotopic (exact) mass is 416 g/mol. The molecule has 29 heavy (non-hydrogen) atoms. The Hall–Kier alpha value is -2.29. The summed E-state index contributed by atoms with van der Waals surface area (Å²) in [6.07, 6.45) is 4.81. The van der Waals surface area contributed by atoms with Crippen LogP contribution in [0.25, 0.3) is 11.0 Å². The average molecular weight is 417 g/mol. The van der Waals surface area contributed by atoms with Gasteiger partial charge in [0.2, 0.25) is 10.0 Å². The van der Waals surface area contributed by atoms with Crippen LogP contribution in [0.15, 0.2) is 48.8 Å². The quantitative estimate of drug-likeness (QED) is 0.619. The van der Waals surface area contributed by atoms with E-state index in [4.69, 9.17) is 0 Å². The molecule has 6 nitrogen and oxygen atoms in total. The van der Waals surface area contributed by atoms with Crippen molar-refractivity contribution in [3.05, 3.63) is 65.7 Å². The van der Waals surface area contributed by atoms with Crippen LogP contribution in [0.4, 0.5) is 4.39 Å². The highest BCUT2D eigenvalue weighted by Crippen LogP contribution is 2.20. The third kappa shape index (κ3) is 4.34. The van der Waals surface area contributed by atoms with Crippen LogP contribution in [0.5, 0.6) is 0 Å². The van der Waals surface area contributed by atoms with E-state index in [1.54, 1.807) is 18.3 Å². The van der Waals surface area contributed by atoms with E-state index in [9.17, 15) is 12.8 Å². The lowest BCUT2D eigenvalue weighted by molar-refractivity contribution is 0.190. The number of piperazine rings is 1. The second kappa shape index (κ2) is 8.22. The van der Waals surface area contributed by atoms with Gasteiger partial charge < -0.3 is 9.47 Å². The maximum absolute atomic E-state index is 13.8. The first kappa shape index (κ1) is 20.0. The Kier molecular flexibility index (Phi) is 5.67. The third-order valence-electron chi connectivity index (χ3n) is 5.53. The Morgan fingerprint density at radius 2 is 1.79 bits per heavy atom. The SMILES string of the molecule is Cn1cc(CCN2CCN(S(=O)(=O)Cc3ccccc3F)CC2)c2cccnc21. The number of halogens is 1. The Bertz CT molecular complexity index is 1100. The van der Waals surface area contributed by atoms with Gasteiger partial charge in [-0.25, -0.2) is 17.8 Å². The number of benzene rings is 1. The van der Waals surface area contributed by atoms with Gasteiger partial charge in [-0.05, 0) is 30.2 Å². The van der Waals surface area contributed by atoms with Crippen molar-refractivity contribution < 1.29 is 12.8 Å². The maximum atomic E-state index is 13.8. The van der Waals surface area contributed by atoms with Gasteiger partial charge in [0.15, 0.2) is 0 Å². The van der Waals surface area contributed by atoms with Crippen LogP contribution >= 0.6 is 0 Å². The van der Waals surface area contributed by atoms with Gasteiger partial charge >= 0.3 is 0 Å². The van der Waals surface area contributed by atoms with Gasteiger partial charge in [0.25, 0.3) is 0 Å². The van der Waals surface area contributed by atoms with Crippen LogP contribution in [-0.2, 0) is 29.2 Å². The molecule has 1 aliphatic heterocycles. The molecule has 0 saturated carbocycles. The number of hydrogen-bond donors (Lipinski definition) is 0. The zero-order valence-electron chi connectivity index (χ0n) is 16.5. The van der Waals surface area contributed by atoms with Crippen LogP contribution in [0.3, 0.4) is 0 Å². The van der Waals surface area contributed by atoms with Crippen molar-refractivity contribution in [2.75, 3.05) is 32.7 Å². The normalized spacial score (nSPS) is 16.5. The molecule has 0 radical (unpaired) electrons. The van der Waals surface area contributed by atoms with E-state index in [0.717, 1.165) is 18.6 Å². The summed E-state index contributed by atoms with van der Waals surface area (Å²) in [4.78, 5) is 6.71. The van der Waals surface area contributed by atoms with Crippen LogP contribution in [0.2, 0.25) is 0 Å². The lowest BCUT2D eigenvalue weighted by Crippen LogP contribution is -2.49. The minimum Gasteiger partial charge on any atom is -0.335 e. The van der Waals surface area contributed by atoms with E-state index in [-0.39, 0.29) is 11.3 Å². The Morgan fingerprint density at radius 3 is 2.55 bits per heavy atom. The molecule has 0 amide bonds. The molecule has 1 fully saturated rings. The maximum Gasteiger partial charge on any atom is 0.218 e. The van der Waals surface area contributed by atoms with Gasteiger partial charge in [0.05, 0.1) is 5.75 Å². The second-order valence-electron chi connectivity index (χ2n) is 7.48. The largest absolute Gasteiger partial charge is 0.335 e. The van der Waals surface area contributed by atoms with Crippen LogP contribution in [-0.4, -0.2) is 59.9 Å². The lowest BCUT2D eigenvalue weighted by Gasteiger charge is -2.34. The summed E-state index contributed by atoms with van der Waals surface area (Å²) in [6, 6.07) is 10.1. The van der Waals surface area contributed by atoms with Gasteiger partial charge in [-0.2, -0.15) is 4.31 Å². The molecule has 3 aromatic rings. The molecule has 154 valence electrons. The molecule has 0 spiro atoms. The molecular formula is C21H25FN4O2S. The fourth-order valence-corrected chi connectivity index (χ4v) is 5.43. The van der Waals surface area contributed by atoms with Gasteiger partial charge in [0.1, 0.15) is 11.5 Å². The molecule has 4 rings (SSSR count). The summed E-state index contributed by atoms with van der Waals surface area (Å²) in [5.74, 6) is -0.762. The first-order valence-corrected chi connectivity index (χ1v) is 11.4. The van der Waals surface area contributed by atoms with Gasteiger partial charge in [-0.3, -0.25) is 0 Å². The molecule has 1 aliphatic rings. The van der Waals surface area contributed by atoms with E-state index in [2.05, 4.69) is 22.1 Å². The van der Waals surface area contributed by atoms with Crippen molar-refractivity contribution in [1.82, 2.24) is 18.8 Å². The predicted octanol–water partition coefficient (Wildman–Crippen LogP) is 2.40. The van der Waals surface area contributed by atoms with Crippen molar-refractivity contribution in [2.24, 2.45) is 7.05 Å². The highest BCUT2D eigenvalue weighted by Gasteiger charge is 2.27. The van der Waals surface area contributed by atoms with Crippen LogP contribution in [0.1, 0.15) is 11.1 Å². The molecule has 0 aliphatic carbocycles. The second-order valence-corrected chi connectivity index (χ2v) is 9.45. The molecule has 8 heteroatoms. The number of rotatable bonds is 6. The average Bonchev–Trinajstić information content (AvgIpc) is 3.04. The molecule has 1 saturated heterocycles.